The number of methoxy groups -OCH3 is 1. The molecule has 0 unspecified atom stereocenters. The molecule has 0 saturated carbocycles. The molecule has 2 N–H and O–H groups in total. The Morgan fingerprint density at radius 1 is 1.00 bits per heavy atom. The molecule has 0 fully saturated rings. The Labute approximate surface area is 187 Å². The number of aryl methyl sites for hydroxylation is 2. The van der Waals surface area contributed by atoms with E-state index < -0.39 is 5.91 Å². The zero-order valence-corrected chi connectivity index (χ0v) is 18.4. The lowest BCUT2D eigenvalue weighted by atomic mass is 9.93. The molecule has 0 spiro atoms. The Kier molecular flexibility index (Phi) is 6.14. The van der Waals surface area contributed by atoms with Gasteiger partial charge >= 0.3 is 0 Å². The number of hydrogen-bond donors (Lipinski definition) is 1. The summed E-state index contributed by atoms with van der Waals surface area (Å²) in [5, 5.41) is 4.13. The highest BCUT2D eigenvalue weighted by Crippen LogP contribution is 2.32. The van der Waals surface area contributed by atoms with Crippen LogP contribution >= 0.6 is 0 Å². The molecule has 3 aromatic carbocycles. The number of carbonyl (C=O) groups excluding carboxylic acids is 1. The summed E-state index contributed by atoms with van der Waals surface area (Å²) in [6.45, 7) is 4.45. The molecule has 1 amide bonds. The molecule has 162 valence electrons. The van der Waals surface area contributed by atoms with Crippen molar-refractivity contribution in [3.63, 3.8) is 0 Å². The highest BCUT2D eigenvalue weighted by atomic mass is 16.5. The molecule has 0 saturated heterocycles. The van der Waals surface area contributed by atoms with Gasteiger partial charge < -0.3 is 15.0 Å². The van der Waals surface area contributed by atoms with Crippen LogP contribution in [-0.2, 0) is 17.8 Å². The SMILES string of the molecule is CCc1ccccc1-c1ccc(-c2nc(-c3ccc(C(N)=O)c(C)c3)no2)cc1COC. The standard InChI is InChI=1S/C26H25N3O3/c1-4-17-7-5-6-8-22(17)23-12-10-19(14-20(23)15-31-3)26-28-25(29-32-26)18-9-11-21(24(27)30)16(2)13-18/h5-14H,4,15H2,1-3H3,(H2,27,30). The van der Waals surface area contributed by atoms with Gasteiger partial charge in [-0.25, -0.2) is 0 Å². The molecular weight excluding hydrogens is 402 g/mol. The largest absolute Gasteiger partial charge is 0.380 e. The van der Waals surface area contributed by atoms with Gasteiger partial charge in [0.25, 0.3) is 5.89 Å². The third kappa shape index (κ3) is 4.18. The molecule has 6 heteroatoms. The summed E-state index contributed by atoms with van der Waals surface area (Å²) in [5.74, 6) is 0.412. The third-order valence-corrected chi connectivity index (χ3v) is 5.52. The Bertz CT molecular complexity index is 1280. The number of carbonyl (C=O) groups is 1. The number of primary amides is 1. The summed E-state index contributed by atoms with van der Waals surface area (Å²) in [4.78, 5) is 16.0. The minimum absolute atomic E-state index is 0.421. The van der Waals surface area contributed by atoms with Crippen LogP contribution in [0.1, 0.15) is 34.0 Å². The number of aromatic nitrogens is 2. The minimum Gasteiger partial charge on any atom is -0.380 e. The average molecular weight is 428 g/mol. The Morgan fingerprint density at radius 3 is 2.47 bits per heavy atom. The van der Waals surface area contributed by atoms with E-state index in [1.807, 2.05) is 25.1 Å². The molecule has 0 aliphatic carbocycles. The second-order valence-electron chi connectivity index (χ2n) is 7.63. The monoisotopic (exact) mass is 427 g/mol. The van der Waals surface area contributed by atoms with Crippen molar-refractivity contribution in [2.75, 3.05) is 7.11 Å². The van der Waals surface area contributed by atoms with E-state index in [1.54, 1.807) is 19.2 Å². The van der Waals surface area contributed by atoms with Gasteiger partial charge in [-0.05, 0) is 65.4 Å². The van der Waals surface area contributed by atoms with Crippen molar-refractivity contribution in [3.8, 4) is 34.0 Å². The number of hydrogen-bond acceptors (Lipinski definition) is 5. The third-order valence-electron chi connectivity index (χ3n) is 5.52. The number of nitrogens with zero attached hydrogens (tertiary/aromatic N) is 2. The smallest absolute Gasteiger partial charge is 0.258 e. The van der Waals surface area contributed by atoms with Crippen LogP contribution in [-0.4, -0.2) is 23.2 Å². The quantitative estimate of drug-likeness (QED) is 0.438. The molecule has 32 heavy (non-hydrogen) atoms. The number of benzene rings is 3. The van der Waals surface area contributed by atoms with Gasteiger partial charge in [-0.2, -0.15) is 4.98 Å². The lowest BCUT2D eigenvalue weighted by Gasteiger charge is -2.13. The van der Waals surface area contributed by atoms with Crippen LogP contribution < -0.4 is 5.73 Å². The van der Waals surface area contributed by atoms with Crippen molar-refractivity contribution in [1.82, 2.24) is 10.1 Å². The maximum atomic E-state index is 11.5. The molecule has 6 nitrogen and oxygen atoms in total. The summed E-state index contributed by atoms with van der Waals surface area (Å²) in [5.41, 5.74) is 12.9. The number of ether oxygens (including phenoxy) is 1. The van der Waals surface area contributed by atoms with Crippen LogP contribution in [0.2, 0.25) is 0 Å². The summed E-state index contributed by atoms with van der Waals surface area (Å²) in [6, 6.07) is 19.8. The molecule has 0 aliphatic heterocycles. The topological polar surface area (TPSA) is 91.2 Å². The summed E-state index contributed by atoms with van der Waals surface area (Å²) in [6.07, 6.45) is 0.950. The van der Waals surface area contributed by atoms with Gasteiger partial charge in [0.1, 0.15) is 0 Å². The van der Waals surface area contributed by atoms with Gasteiger partial charge in [0.2, 0.25) is 11.7 Å². The van der Waals surface area contributed by atoms with Crippen molar-refractivity contribution >= 4 is 5.91 Å². The summed E-state index contributed by atoms with van der Waals surface area (Å²) >= 11 is 0. The van der Waals surface area contributed by atoms with E-state index in [1.165, 1.54) is 11.1 Å². The average Bonchev–Trinajstić information content (AvgIpc) is 3.29. The second-order valence-corrected chi connectivity index (χ2v) is 7.63. The van der Waals surface area contributed by atoms with Gasteiger partial charge in [-0.3, -0.25) is 4.79 Å². The molecule has 4 rings (SSSR count). The molecule has 0 aliphatic rings. The van der Waals surface area contributed by atoms with Crippen molar-refractivity contribution < 1.29 is 14.1 Å². The number of rotatable bonds is 7. The normalized spacial score (nSPS) is 11.0. The first-order chi connectivity index (χ1) is 15.5. The van der Waals surface area contributed by atoms with E-state index in [0.29, 0.717) is 23.9 Å². The lowest BCUT2D eigenvalue weighted by Crippen LogP contribution is -2.12. The Hall–Kier alpha value is -3.77. The van der Waals surface area contributed by atoms with Crippen LogP contribution in [0.3, 0.4) is 0 Å². The van der Waals surface area contributed by atoms with Crippen molar-refractivity contribution in [2.24, 2.45) is 5.73 Å². The van der Waals surface area contributed by atoms with E-state index in [2.05, 4.69) is 47.4 Å². The molecule has 0 atom stereocenters. The molecule has 1 aromatic heterocycles. The molecule has 4 aromatic rings. The Balaban J connectivity index is 1.71. The van der Waals surface area contributed by atoms with Crippen LogP contribution in [0.25, 0.3) is 34.0 Å². The predicted molar refractivity (Wildman–Crippen MR) is 124 cm³/mol. The van der Waals surface area contributed by atoms with E-state index in [0.717, 1.165) is 34.2 Å². The molecule has 1 heterocycles. The van der Waals surface area contributed by atoms with Gasteiger partial charge in [-0.15, -0.1) is 0 Å². The van der Waals surface area contributed by atoms with Crippen molar-refractivity contribution in [3.05, 3.63) is 82.9 Å². The number of nitrogens with two attached hydrogens (primary N) is 1. The predicted octanol–water partition coefficient (Wildman–Crippen LogP) is 5.19. The Morgan fingerprint density at radius 2 is 1.75 bits per heavy atom. The highest BCUT2D eigenvalue weighted by molar-refractivity contribution is 5.94. The fourth-order valence-electron chi connectivity index (χ4n) is 3.89. The lowest BCUT2D eigenvalue weighted by molar-refractivity contribution is 0.0999. The van der Waals surface area contributed by atoms with Crippen molar-refractivity contribution in [2.45, 2.75) is 26.9 Å². The van der Waals surface area contributed by atoms with Crippen LogP contribution in [0.4, 0.5) is 0 Å². The van der Waals surface area contributed by atoms with Crippen LogP contribution in [0.5, 0.6) is 0 Å². The maximum Gasteiger partial charge on any atom is 0.258 e. The van der Waals surface area contributed by atoms with Gasteiger partial charge in [0.05, 0.1) is 6.61 Å². The molecular formula is C26H25N3O3. The first-order valence-corrected chi connectivity index (χ1v) is 10.5. The van der Waals surface area contributed by atoms with E-state index >= 15 is 0 Å². The van der Waals surface area contributed by atoms with E-state index in [4.69, 9.17) is 15.0 Å². The zero-order valence-electron chi connectivity index (χ0n) is 18.4. The van der Waals surface area contributed by atoms with Gasteiger partial charge in [0, 0.05) is 23.8 Å². The van der Waals surface area contributed by atoms with Crippen molar-refractivity contribution in [1.29, 1.82) is 0 Å². The van der Waals surface area contributed by atoms with Gasteiger partial charge in [0.15, 0.2) is 0 Å². The van der Waals surface area contributed by atoms with E-state index in [-0.39, 0.29) is 0 Å². The zero-order chi connectivity index (χ0) is 22.7. The van der Waals surface area contributed by atoms with E-state index in [9.17, 15) is 4.79 Å². The summed E-state index contributed by atoms with van der Waals surface area (Å²) in [7, 11) is 1.69. The fourth-order valence-corrected chi connectivity index (χ4v) is 3.89. The highest BCUT2D eigenvalue weighted by Gasteiger charge is 2.16. The summed E-state index contributed by atoms with van der Waals surface area (Å²) < 4.78 is 11.0. The maximum absolute atomic E-state index is 11.5. The molecule has 0 bridgehead atoms. The van der Waals surface area contributed by atoms with Gasteiger partial charge in [-0.1, -0.05) is 48.5 Å². The molecule has 0 radical (unpaired) electrons. The van der Waals surface area contributed by atoms with Crippen LogP contribution in [0, 0.1) is 6.92 Å². The van der Waals surface area contributed by atoms with Crippen LogP contribution in [0.15, 0.2) is 65.2 Å². The first-order valence-electron chi connectivity index (χ1n) is 10.5. The second kappa shape index (κ2) is 9.16. The fraction of sp³-hybridized carbons (Fsp3) is 0.192. The minimum atomic E-state index is -0.460. The number of amides is 1. The first kappa shape index (κ1) is 21.5.